The summed E-state index contributed by atoms with van der Waals surface area (Å²) in [5.41, 5.74) is 1.26. The molecule has 4 heteroatoms. The fraction of sp³-hybridized carbons (Fsp3) is 0.625. The van der Waals surface area contributed by atoms with Gasteiger partial charge in [0.1, 0.15) is 5.75 Å². The molecule has 0 radical (unpaired) electrons. The van der Waals surface area contributed by atoms with E-state index in [4.69, 9.17) is 9.47 Å². The SMILES string of the molecule is CCOC(C1CC1)C(Cc1cc(OC)ccc1Br)NC. The van der Waals surface area contributed by atoms with Crippen molar-refractivity contribution in [2.24, 2.45) is 5.92 Å². The average molecular weight is 342 g/mol. The Morgan fingerprint density at radius 1 is 1.40 bits per heavy atom. The van der Waals surface area contributed by atoms with Crippen LogP contribution in [0.5, 0.6) is 5.75 Å². The summed E-state index contributed by atoms with van der Waals surface area (Å²) in [5, 5.41) is 3.43. The smallest absolute Gasteiger partial charge is 0.119 e. The standard InChI is InChI=1S/C16H24BrNO2/c1-4-20-16(11-5-6-11)15(18-2)10-12-9-13(19-3)7-8-14(12)17/h7-9,11,15-16,18H,4-6,10H2,1-3H3. The second-order valence-electron chi connectivity index (χ2n) is 5.31. The van der Waals surface area contributed by atoms with Crippen molar-refractivity contribution in [1.29, 1.82) is 0 Å². The van der Waals surface area contributed by atoms with E-state index in [2.05, 4.69) is 34.2 Å². The predicted molar refractivity (Wildman–Crippen MR) is 85.4 cm³/mol. The Labute approximate surface area is 130 Å². The van der Waals surface area contributed by atoms with Crippen LogP contribution in [0, 0.1) is 5.92 Å². The monoisotopic (exact) mass is 341 g/mol. The summed E-state index contributed by atoms with van der Waals surface area (Å²) in [7, 11) is 3.73. The van der Waals surface area contributed by atoms with E-state index in [1.807, 2.05) is 19.2 Å². The van der Waals surface area contributed by atoms with Crippen LogP contribution in [0.15, 0.2) is 22.7 Å². The van der Waals surface area contributed by atoms with Crippen molar-refractivity contribution in [2.45, 2.75) is 38.3 Å². The van der Waals surface area contributed by atoms with Gasteiger partial charge in [-0.25, -0.2) is 0 Å². The van der Waals surface area contributed by atoms with E-state index in [1.165, 1.54) is 18.4 Å². The topological polar surface area (TPSA) is 30.5 Å². The lowest BCUT2D eigenvalue weighted by molar-refractivity contribution is 0.0210. The van der Waals surface area contributed by atoms with Gasteiger partial charge in [-0.3, -0.25) is 0 Å². The quantitative estimate of drug-likeness (QED) is 0.785. The lowest BCUT2D eigenvalue weighted by atomic mass is 9.98. The molecule has 3 nitrogen and oxygen atoms in total. The molecule has 1 aromatic carbocycles. The molecule has 1 aliphatic carbocycles. The molecule has 0 spiro atoms. The Bertz CT molecular complexity index is 434. The van der Waals surface area contributed by atoms with E-state index < -0.39 is 0 Å². The molecular formula is C16H24BrNO2. The highest BCUT2D eigenvalue weighted by molar-refractivity contribution is 9.10. The van der Waals surface area contributed by atoms with Crippen LogP contribution < -0.4 is 10.1 Å². The van der Waals surface area contributed by atoms with Gasteiger partial charge in [0, 0.05) is 17.1 Å². The molecule has 0 saturated heterocycles. The maximum atomic E-state index is 5.98. The van der Waals surface area contributed by atoms with Gasteiger partial charge in [0.05, 0.1) is 13.2 Å². The van der Waals surface area contributed by atoms with Crippen molar-refractivity contribution in [3.63, 3.8) is 0 Å². The molecule has 1 saturated carbocycles. The zero-order chi connectivity index (χ0) is 14.5. The van der Waals surface area contributed by atoms with Crippen molar-refractivity contribution < 1.29 is 9.47 Å². The van der Waals surface area contributed by atoms with Gasteiger partial charge in [-0.1, -0.05) is 15.9 Å². The number of likely N-dealkylation sites (N-methyl/N-ethyl adjacent to an activating group) is 1. The lowest BCUT2D eigenvalue weighted by Gasteiger charge is -2.27. The molecule has 1 N–H and O–H groups in total. The maximum absolute atomic E-state index is 5.98. The summed E-state index contributed by atoms with van der Waals surface area (Å²) < 4.78 is 12.4. The Balaban J connectivity index is 2.12. The van der Waals surface area contributed by atoms with Crippen LogP contribution in [0.3, 0.4) is 0 Å². The Morgan fingerprint density at radius 2 is 2.15 bits per heavy atom. The van der Waals surface area contributed by atoms with Crippen molar-refractivity contribution in [2.75, 3.05) is 20.8 Å². The van der Waals surface area contributed by atoms with Gasteiger partial charge in [-0.2, -0.15) is 0 Å². The van der Waals surface area contributed by atoms with Gasteiger partial charge in [0.2, 0.25) is 0 Å². The molecule has 0 amide bonds. The summed E-state index contributed by atoms with van der Waals surface area (Å²) in [5.74, 6) is 1.62. The zero-order valence-electron chi connectivity index (χ0n) is 12.5. The average Bonchev–Trinajstić information content (AvgIpc) is 3.29. The number of halogens is 1. The highest BCUT2D eigenvalue weighted by Gasteiger charge is 2.36. The summed E-state index contributed by atoms with van der Waals surface area (Å²) in [6.07, 6.45) is 3.84. The summed E-state index contributed by atoms with van der Waals surface area (Å²) in [4.78, 5) is 0. The second kappa shape index (κ2) is 7.43. The van der Waals surface area contributed by atoms with Gasteiger partial charge < -0.3 is 14.8 Å². The van der Waals surface area contributed by atoms with Gasteiger partial charge in [0.15, 0.2) is 0 Å². The largest absolute Gasteiger partial charge is 0.497 e. The first kappa shape index (κ1) is 15.8. The van der Waals surface area contributed by atoms with Gasteiger partial charge in [0.25, 0.3) is 0 Å². The van der Waals surface area contributed by atoms with Crippen LogP contribution in [0.25, 0.3) is 0 Å². The maximum Gasteiger partial charge on any atom is 0.119 e. The molecule has 1 fully saturated rings. The van der Waals surface area contributed by atoms with Gasteiger partial charge >= 0.3 is 0 Å². The van der Waals surface area contributed by atoms with E-state index in [0.717, 1.165) is 29.2 Å². The molecule has 0 heterocycles. The minimum Gasteiger partial charge on any atom is -0.497 e. The molecule has 2 unspecified atom stereocenters. The first-order valence-corrected chi connectivity index (χ1v) is 8.10. The number of methoxy groups -OCH3 is 1. The third kappa shape index (κ3) is 3.96. The van der Waals surface area contributed by atoms with E-state index in [-0.39, 0.29) is 0 Å². The van der Waals surface area contributed by atoms with Crippen molar-refractivity contribution in [3.05, 3.63) is 28.2 Å². The summed E-state index contributed by atoms with van der Waals surface area (Å²) in [6, 6.07) is 6.46. The van der Waals surface area contributed by atoms with Crippen molar-refractivity contribution in [3.8, 4) is 5.75 Å². The Kier molecular flexibility index (Phi) is 5.87. The van der Waals surface area contributed by atoms with E-state index in [9.17, 15) is 0 Å². The molecule has 0 aliphatic heterocycles. The Hall–Kier alpha value is -0.580. The second-order valence-corrected chi connectivity index (χ2v) is 6.17. The summed E-state index contributed by atoms with van der Waals surface area (Å²) in [6.45, 7) is 2.85. The first-order valence-electron chi connectivity index (χ1n) is 7.30. The van der Waals surface area contributed by atoms with Crippen LogP contribution in [0.2, 0.25) is 0 Å². The van der Waals surface area contributed by atoms with Crippen LogP contribution in [-0.4, -0.2) is 32.9 Å². The summed E-state index contributed by atoms with van der Waals surface area (Å²) >= 11 is 3.63. The molecule has 1 aliphatic rings. The molecular weight excluding hydrogens is 318 g/mol. The molecule has 20 heavy (non-hydrogen) atoms. The number of nitrogens with one attached hydrogen (secondary N) is 1. The van der Waals surface area contributed by atoms with Crippen LogP contribution in [0.4, 0.5) is 0 Å². The van der Waals surface area contributed by atoms with Gasteiger partial charge in [-0.15, -0.1) is 0 Å². The number of ether oxygens (including phenoxy) is 2. The van der Waals surface area contributed by atoms with Crippen molar-refractivity contribution >= 4 is 15.9 Å². The predicted octanol–water partition coefficient (Wildman–Crippen LogP) is 3.40. The fourth-order valence-corrected chi connectivity index (χ4v) is 3.06. The highest BCUT2D eigenvalue weighted by Crippen LogP contribution is 2.37. The zero-order valence-corrected chi connectivity index (χ0v) is 14.1. The molecule has 2 rings (SSSR count). The van der Waals surface area contributed by atoms with E-state index in [1.54, 1.807) is 7.11 Å². The molecule has 1 aromatic rings. The number of hydrogen-bond acceptors (Lipinski definition) is 3. The highest BCUT2D eigenvalue weighted by atomic mass is 79.9. The first-order chi connectivity index (χ1) is 9.69. The molecule has 0 aromatic heterocycles. The molecule has 2 atom stereocenters. The normalized spacial score (nSPS) is 17.8. The van der Waals surface area contributed by atoms with Gasteiger partial charge in [-0.05, 0) is 62.9 Å². The van der Waals surface area contributed by atoms with Crippen LogP contribution in [-0.2, 0) is 11.2 Å². The van der Waals surface area contributed by atoms with E-state index in [0.29, 0.717) is 12.1 Å². The third-order valence-corrected chi connectivity index (χ3v) is 4.68. The number of benzene rings is 1. The minimum absolute atomic E-state index is 0.308. The minimum atomic E-state index is 0.308. The number of rotatable bonds is 8. The molecule has 112 valence electrons. The number of hydrogen-bond donors (Lipinski definition) is 1. The fourth-order valence-electron chi connectivity index (χ4n) is 2.65. The molecule has 0 bridgehead atoms. The van der Waals surface area contributed by atoms with E-state index >= 15 is 0 Å². The Morgan fingerprint density at radius 3 is 2.70 bits per heavy atom. The van der Waals surface area contributed by atoms with Crippen molar-refractivity contribution in [1.82, 2.24) is 5.32 Å². The lowest BCUT2D eigenvalue weighted by Crippen LogP contribution is -2.42. The van der Waals surface area contributed by atoms with Crippen LogP contribution >= 0.6 is 15.9 Å². The van der Waals surface area contributed by atoms with Crippen LogP contribution in [0.1, 0.15) is 25.3 Å². The third-order valence-electron chi connectivity index (χ3n) is 3.91.